The number of rotatable bonds is 4. The van der Waals surface area contributed by atoms with Crippen molar-refractivity contribution in [1.82, 2.24) is 0 Å². The van der Waals surface area contributed by atoms with E-state index in [2.05, 4.69) is 36.2 Å². The zero-order valence-corrected chi connectivity index (χ0v) is 9.45. The molecule has 1 aliphatic carbocycles. The number of hydrogen-bond acceptors (Lipinski definition) is 2. The normalized spacial score (nSPS) is 16.1. The van der Waals surface area contributed by atoms with Gasteiger partial charge < -0.3 is 10.6 Å². The summed E-state index contributed by atoms with van der Waals surface area (Å²) in [5.74, 6) is 0. The van der Waals surface area contributed by atoms with Crippen molar-refractivity contribution >= 4 is 5.69 Å². The summed E-state index contributed by atoms with van der Waals surface area (Å²) in [5.41, 5.74) is 8.39. The van der Waals surface area contributed by atoms with Crippen molar-refractivity contribution < 1.29 is 0 Å². The topological polar surface area (TPSA) is 29.3 Å². The van der Waals surface area contributed by atoms with Gasteiger partial charge in [0.15, 0.2) is 0 Å². The Kier molecular flexibility index (Phi) is 3.27. The van der Waals surface area contributed by atoms with Gasteiger partial charge in [-0.2, -0.15) is 0 Å². The van der Waals surface area contributed by atoms with Crippen LogP contribution in [0, 0.1) is 0 Å². The van der Waals surface area contributed by atoms with Gasteiger partial charge >= 0.3 is 0 Å². The number of para-hydroxylation sites is 1. The molecule has 1 fully saturated rings. The fourth-order valence-corrected chi connectivity index (χ4v) is 2.19. The van der Waals surface area contributed by atoms with E-state index in [1.165, 1.54) is 30.5 Å². The van der Waals surface area contributed by atoms with E-state index in [-0.39, 0.29) is 0 Å². The minimum absolute atomic E-state index is 0.732. The van der Waals surface area contributed by atoms with Crippen molar-refractivity contribution in [3.8, 4) is 0 Å². The summed E-state index contributed by atoms with van der Waals surface area (Å²) in [4.78, 5) is 2.43. The molecule has 1 aromatic rings. The molecule has 1 aromatic carbocycles. The van der Waals surface area contributed by atoms with Crippen LogP contribution in [0.2, 0.25) is 0 Å². The Labute approximate surface area is 92.1 Å². The van der Waals surface area contributed by atoms with E-state index < -0.39 is 0 Å². The smallest absolute Gasteiger partial charge is 0.0399 e. The molecule has 1 saturated carbocycles. The Morgan fingerprint density at radius 1 is 1.33 bits per heavy atom. The van der Waals surface area contributed by atoms with Crippen molar-refractivity contribution in [3.63, 3.8) is 0 Å². The lowest BCUT2D eigenvalue weighted by atomic mass is 9.91. The van der Waals surface area contributed by atoms with Crippen molar-refractivity contribution in [2.75, 3.05) is 18.5 Å². The number of hydrogen-bond donors (Lipinski definition) is 1. The highest BCUT2D eigenvalue weighted by atomic mass is 15.1. The molecule has 1 aliphatic rings. The summed E-state index contributed by atoms with van der Waals surface area (Å²) < 4.78 is 0. The van der Waals surface area contributed by atoms with Crippen LogP contribution < -0.4 is 10.6 Å². The largest absolute Gasteiger partial charge is 0.371 e. The average Bonchev–Trinajstić information content (AvgIpc) is 2.16. The molecule has 0 heterocycles. The van der Waals surface area contributed by atoms with Crippen molar-refractivity contribution in [2.45, 2.75) is 31.7 Å². The zero-order chi connectivity index (χ0) is 10.7. The van der Waals surface area contributed by atoms with Gasteiger partial charge in [0, 0.05) is 18.8 Å². The molecule has 0 bridgehead atoms. The first-order valence-electron chi connectivity index (χ1n) is 5.83. The predicted molar refractivity (Wildman–Crippen MR) is 65.2 cm³/mol. The van der Waals surface area contributed by atoms with Crippen LogP contribution in [0.5, 0.6) is 0 Å². The van der Waals surface area contributed by atoms with Gasteiger partial charge in [0.1, 0.15) is 0 Å². The quantitative estimate of drug-likeness (QED) is 0.814. The van der Waals surface area contributed by atoms with Gasteiger partial charge in [-0.1, -0.05) is 18.2 Å². The molecule has 0 saturated heterocycles. The van der Waals surface area contributed by atoms with Gasteiger partial charge in [0.25, 0.3) is 0 Å². The summed E-state index contributed by atoms with van der Waals surface area (Å²) in [5, 5.41) is 0. The first kappa shape index (κ1) is 10.5. The Hall–Kier alpha value is -1.02. The van der Waals surface area contributed by atoms with E-state index in [0.717, 1.165) is 19.0 Å². The second-order valence-electron chi connectivity index (χ2n) is 4.36. The third kappa shape index (κ3) is 2.15. The standard InChI is InChI=1S/C13H20N2/c1-15(12-6-4-7-12)13-8-3-2-5-11(13)9-10-14/h2-3,5,8,12H,4,6-7,9-10,14H2,1H3. The summed E-state index contributed by atoms with van der Waals surface area (Å²) in [6, 6.07) is 9.37. The maximum atomic E-state index is 5.63. The van der Waals surface area contributed by atoms with E-state index in [9.17, 15) is 0 Å². The fourth-order valence-electron chi connectivity index (χ4n) is 2.19. The van der Waals surface area contributed by atoms with Crippen LogP contribution in [0.4, 0.5) is 5.69 Å². The lowest BCUT2D eigenvalue weighted by Crippen LogP contribution is -2.37. The van der Waals surface area contributed by atoms with Crippen molar-refractivity contribution in [1.29, 1.82) is 0 Å². The lowest BCUT2D eigenvalue weighted by molar-refractivity contribution is 0.400. The van der Waals surface area contributed by atoms with Crippen molar-refractivity contribution in [2.24, 2.45) is 5.73 Å². The minimum Gasteiger partial charge on any atom is -0.371 e. The summed E-state index contributed by atoms with van der Waals surface area (Å²) in [6.07, 6.45) is 5.04. The van der Waals surface area contributed by atoms with Gasteiger partial charge in [-0.3, -0.25) is 0 Å². The number of benzene rings is 1. The van der Waals surface area contributed by atoms with Crippen LogP contribution in [0.3, 0.4) is 0 Å². The Morgan fingerprint density at radius 3 is 2.67 bits per heavy atom. The van der Waals surface area contributed by atoms with Crippen LogP contribution in [0.15, 0.2) is 24.3 Å². The third-order valence-corrected chi connectivity index (χ3v) is 3.41. The zero-order valence-electron chi connectivity index (χ0n) is 9.45. The van der Waals surface area contributed by atoms with E-state index in [4.69, 9.17) is 5.73 Å². The van der Waals surface area contributed by atoms with Crippen LogP contribution >= 0.6 is 0 Å². The van der Waals surface area contributed by atoms with Gasteiger partial charge in [-0.25, -0.2) is 0 Å². The predicted octanol–water partition coefficient (Wildman–Crippen LogP) is 2.18. The summed E-state index contributed by atoms with van der Waals surface area (Å²) >= 11 is 0. The Bertz CT molecular complexity index is 318. The summed E-state index contributed by atoms with van der Waals surface area (Å²) in [6.45, 7) is 0.732. The summed E-state index contributed by atoms with van der Waals surface area (Å²) in [7, 11) is 2.21. The Morgan fingerprint density at radius 2 is 2.07 bits per heavy atom. The number of nitrogens with two attached hydrogens (primary N) is 1. The molecule has 2 N–H and O–H groups in total. The molecule has 82 valence electrons. The fraction of sp³-hybridized carbons (Fsp3) is 0.538. The highest BCUT2D eigenvalue weighted by molar-refractivity contribution is 5.54. The van der Waals surface area contributed by atoms with E-state index in [1.807, 2.05) is 0 Å². The average molecular weight is 204 g/mol. The van der Waals surface area contributed by atoms with Gasteiger partial charge in [0.2, 0.25) is 0 Å². The SMILES string of the molecule is CN(c1ccccc1CCN)C1CCC1. The van der Waals surface area contributed by atoms with Crippen LogP contribution in [0.1, 0.15) is 24.8 Å². The maximum absolute atomic E-state index is 5.63. The molecule has 0 aliphatic heterocycles. The second kappa shape index (κ2) is 4.67. The Balaban J connectivity index is 2.17. The monoisotopic (exact) mass is 204 g/mol. The first-order valence-corrected chi connectivity index (χ1v) is 5.83. The molecule has 2 heteroatoms. The number of anilines is 1. The van der Waals surface area contributed by atoms with Crippen LogP contribution in [0.25, 0.3) is 0 Å². The highest BCUT2D eigenvalue weighted by Crippen LogP contribution is 2.30. The van der Waals surface area contributed by atoms with Crippen LogP contribution in [-0.4, -0.2) is 19.6 Å². The van der Waals surface area contributed by atoms with E-state index >= 15 is 0 Å². The van der Waals surface area contributed by atoms with Gasteiger partial charge in [0.05, 0.1) is 0 Å². The van der Waals surface area contributed by atoms with Gasteiger partial charge in [-0.15, -0.1) is 0 Å². The molecule has 0 unspecified atom stereocenters. The van der Waals surface area contributed by atoms with E-state index in [0.29, 0.717) is 0 Å². The number of nitrogens with zero attached hydrogens (tertiary/aromatic N) is 1. The molecule has 0 aromatic heterocycles. The second-order valence-corrected chi connectivity index (χ2v) is 4.36. The van der Waals surface area contributed by atoms with Gasteiger partial charge in [-0.05, 0) is 43.9 Å². The van der Waals surface area contributed by atoms with E-state index in [1.54, 1.807) is 0 Å². The molecule has 15 heavy (non-hydrogen) atoms. The molecule has 0 spiro atoms. The first-order chi connectivity index (χ1) is 7.33. The van der Waals surface area contributed by atoms with Crippen LogP contribution in [-0.2, 0) is 6.42 Å². The molecule has 2 rings (SSSR count). The molecule has 0 atom stereocenters. The maximum Gasteiger partial charge on any atom is 0.0399 e. The lowest BCUT2D eigenvalue weighted by Gasteiger charge is -2.37. The molecule has 0 radical (unpaired) electrons. The molecule has 0 amide bonds. The molecular weight excluding hydrogens is 184 g/mol. The van der Waals surface area contributed by atoms with Crippen molar-refractivity contribution in [3.05, 3.63) is 29.8 Å². The highest BCUT2D eigenvalue weighted by Gasteiger charge is 2.23. The minimum atomic E-state index is 0.732. The third-order valence-electron chi connectivity index (χ3n) is 3.41. The molecule has 2 nitrogen and oxygen atoms in total. The molecular formula is C13H20N2.